The normalized spacial score (nSPS) is 14.2. The smallest absolute Gasteiger partial charge is 0.263 e. The Balaban J connectivity index is 2.21. The molecule has 0 spiro atoms. The van der Waals surface area contributed by atoms with Gasteiger partial charge in [-0.05, 0) is 30.4 Å². The van der Waals surface area contributed by atoms with E-state index in [2.05, 4.69) is 31.4 Å². The fourth-order valence-corrected chi connectivity index (χ4v) is 3.57. The van der Waals surface area contributed by atoms with E-state index in [0.29, 0.717) is 24.8 Å². The van der Waals surface area contributed by atoms with Crippen LogP contribution in [0.15, 0.2) is 12.1 Å². The van der Waals surface area contributed by atoms with Crippen molar-refractivity contribution in [2.45, 2.75) is 60.3 Å². The van der Waals surface area contributed by atoms with Crippen molar-refractivity contribution >= 4 is 35.0 Å². The van der Waals surface area contributed by atoms with Crippen molar-refractivity contribution in [3.05, 3.63) is 23.3 Å². The predicted molar refractivity (Wildman–Crippen MR) is 113 cm³/mol. The van der Waals surface area contributed by atoms with Crippen molar-refractivity contribution in [1.29, 1.82) is 0 Å². The Morgan fingerprint density at radius 3 is 1.76 bits per heavy atom. The minimum absolute atomic E-state index is 0.143. The Morgan fingerprint density at radius 1 is 0.862 bits per heavy atom. The summed E-state index contributed by atoms with van der Waals surface area (Å²) in [5.41, 5.74) is 0.854. The number of carbonyl (C=O) groups excluding carboxylic acids is 4. The molecule has 7 nitrogen and oxygen atoms in total. The quantitative estimate of drug-likeness (QED) is 0.610. The second-order valence-electron chi connectivity index (χ2n) is 8.25. The van der Waals surface area contributed by atoms with Crippen LogP contribution in [0, 0.1) is 11.8 Å². The van der Waals surface area contributed by atoms with Crippen LogP contribution in [0.1, 0.15) is 81.0 Å². The van der Waals surface area contributed by atoms with Crippen molar-refractivity contribution in [1.82, 2.24) is 4.90 Å². The molecule has 1 aromatic rings. The van der Waals surface area contributed by atoms with E-state index in [4.69, 9.17) is 0 Å². The topological polar surface area (TPSA) is 95.6 Å². The van der Waals surface area contributed by atoms with Crippen LogP contribution in [0.4, 0.5) is 11.4 Å². The summed E-state index contributed by atoms with van der Waals surface area (Å²) in [5, 5.41) is 5.22. The third kappa shape index (κ3) is 5.65. The average molecular weight is 402 g/mol. The molecule has 0 aliphatic carbocycles. The molecule has 1 aliphatic rings. The Bertz CT molecular complexity index is 762. The number of nitrogens with one attached hydrogen (secondary N) is 2. The van der Waals surface area contributed by atoms with E-state index < -0.39 is 11.8 Å². The van der Waals surface area contributed by atoms with Gasteiger partial charge >= 0.3 is 0 Å². The standard InChI is InChI=1S/C22H31N3O4/c1-13(2)7-6-8-14(3)11-12-25-21(28)19-17(23-15(4)26)9-10-18(24-16(5)27)20(19)22(25)29/h9-10,13-14H,6-8,11-12H2,1-5H3,(H,23,26)(H,24,27)/t14-/m0/s1. The summed E-state index contributed by atoms with van der Waals surface area (Å²) in [5.74, 6) is -0.486. The minimum atomic E-state index is -0.435. The molecule has 29 heavy (non-hydrogen) atoms. The van der Waals surface area contributed by atoms with Gasteiger partial charge in [0.15, 0.2) is 0 Å². The molecule has 1 aromatic carbocycles. The highest BCUT2D eigenvalue weighted by molar-refractivity contribution is 6.27. The average Bonchev–Trinajstić information content (AvgIpc) is 2.85. The Hall–Kier alpha value is -2.70. The van der Waals surface area contributed by atoms with Gasteiger partial charge in [-0.15, -0.1) is 0 Å². The highest BCUT2D eigenvalue weighted by Gasteiger charge is 2.40. The largest absolute Gasteiger partial charge is 0.326 e. The molecule has 7 heteroatoms. The van der Waals surface area contributed by atoms with Gasteiger partial charge in [-0.25, -0.2) is 0 Å². The molecule has 1 aliphatic heterocycles. The molecule has 0 fully saturated rings. The molecule has 2 N–H and O–H groups in total. The van der Waals surface area contributed by atoms with E-state index in [-0.39, 0.29) is 34.3 Å². The first kappa shape index (κ1) is 22.6. The molecule has 4 amide bonds. The molecule has 0 aromatic heterocycles. The van der Waals surface area contributed by atoms with Crippen LogP contribution in [0.25, 0.3) is 0 Å². The van der Waals surface area contributed by atoms with Crippen LogP contribution >= 0.6 is 0 Å². The number of benzene rings is 1. The number of rotatable bonds is 9. The van der Waals surface area contributed by atoms with Crippen molar-refractivity contribution in [2.24, 2.45) is 11.8 Å². The lowest BCUT2D eigenvalue weighted by atomic mass is 9.97. The predicted octanol–water partition coefficient (Wildman–Crippen LogP) is 4.05. The third-order valence-electron chi connectivity index (χ3n) is 5.07. The van der Waals surface area contributed by atoms with Gasteiger partial charge in [-0.3, -0.25) is 24.1 Å². The van der Waals surface area contributed by atoms with Crippen molar-refractivity contribution in [3.8, 4) is 0 Å². The molecule has 0 radical (unpaired) electrons. The Labute approximate surface area is 172 Å². The van der Waals surface area contributed by atoms with Crippen LogP contribution in [-0.4, -0.2) is 35.1 Å². The number of imide groups is 1. The van der Waals surface area contributed by atoms with Crippen LogP contribution in [0.2, 0.25) is 0 Å². The maximum atomic E-state index is 13.0. The fourth-order valence-electron chi connectivity index (χ4n) is 3.57. The number of fused-ring (bicyclic) bond motifs is 1. The van der Waals surface area contributed by atoms with Gasteiger partial charge in [0.1, 0.15) is 0 Å². The number of nitrogens with zero attached hydrogens (tertiary/aromatic N) is 1. The number of carbonyl (C=O) groups is 4. The molecule has 158 valence electrons. The zero-order valence-electron chi connectivity index (χ0n) is 17.9. The van der Waals surface area contributed by atoms with Gasteiger partial charge in [-0.1, -0.05) is 40.0 Å². The lowest BCUT2D eigenvalue weighted by Crippen LogP contribution is -2.32. The number of hydrogen-bond donors (Lipinski definition) is 2. The molecule has 1 heterocycles. The van der Waals surface area contributed by atoms with Crippen molar-refractivity contribution in [2.75, 3.05) is 17.2 Å². The number of anilines is 2. The minimum Gasteiger partial charge on any atom is -0.326 e. The maximum absolute atomic E-state index is 13.0. The number of amides is 4. The molecule has 0 saturated heterocycles. The molecule has 2 rings (SSSR count). The summed E-state index contributed by atoms with van der Waals surface area (Å²) in [7, 11) is 0. The van der Waals surface area contributed by atoms with E-state index in [0.717, 1.165) is 19.3 Å². The van der Waals surface area contributed by atoms with Crippen LogP contribution < -0.4 is 10.6 Å². The molecule has 1 atom stereocenters. The van der Waals surface area contributed by atoms with Gasteiger partial charge in [-0.2, -0.15) is 0 Å². The fraction of sp³-hybridized carbons (Fsp3) is 0.545. The molecular formula is C22H31N3O4. The van der Waals surface area contributed by atoms with Crippen molar-refractivity contribution in [3.63, 3.8) is 0 Å². The molecule has 0 bridgehead atoms. The zero-order valence-corrected chi connectivity index (χ0v) is 17.9. The van der Waals surface area contributed by atoms with Crippen molar-refractivity contribution < 1.29 is 19.2 Å². The monoisotopic (exact) mass is 401 g/mol. The van der Waals surface area contributed by atoms with Crippen LogP contribution in [0.3, 0.4) is 0 Å². The summed E-state index contributed by atoms with van der Waals surface area (Å²) in [6.07, 6.45) is 4.06. The first-order valence-corrected chi connectivity index (χ1v) is 10.2. The van der Waals surface area contributed by atoms with E-state index in [1.165, 1.54) is 30.9 Å². The van der Waals surface area contributed by atoms with Gasteiger partial charge in [0.05, 0.1) is 22.5 Å². The summed E-state index contributed by atoms with van der Waals surface area (Å²) in [4.78, 5) is 50.3. The third-order valence-corrected chi connectivity index (χ3v) is 5.07. The second kappa shape index (κ2) is 9.67. The summed E-state index contributed by atoms with van der Waals surface area (Å²) < 4.78 is 0. The van der Waals surface area contributed by atoms with Gasteiger partial charge in [0.25, 0.3) is 11.8 Å². The number of hydrogen-bond acceptors (Lipinski definition) is 4. The van der Waals surface area contributed by atoms with Crippen LogP contribution in [-0.2, 0) is 9.59 Å². The molecule has 0 saturated carbocycles. The first-order chi connectivity index (χ1) is 13.6. The Morgan fingerprint density at radius 2 is 1.34 bits per heavy atom. The van der Waals surface area contributed by atoms with Crippen LogP contribution in [0.5, 0.6) is 0 Å². The SMILES string of the molecule is CC(=O)Nc1ccc(NC(C)=O)c2c1C(=O)N(CC[C@@H](C)CCCC(C)C)C2=O. The Kier molecular flexibility index (Phi) is 7.53. The van der Waals surface area contributed by atoms with E-state index in [1.54, 1.807) is 0 Å². The highest BCUT2D eigenvalue weighted by Crippen LogP contribution is 2.35. The maximum Gasteiger partial charge on any atom is 0.263 e. The van der Waals surface area contributed by atoms with E-state index in [1.807, 2.05) is 0 Å². The summed E-state index contributed by atoms with van der Waals surface area (Å²) >= 11 is 0. The summed E-state index contributed by atoms with van der Waals surface area (Å²) in [6.45, 7) is 9.52. The molecular weight excluding hydrogens is 370 g/mol. The van der Waals surface area contributed by atoms with E-state index in [9.17, 15) is 19.2 Å². The van der Waals surface area contributed by atoms with Gasteiger partial charge < -0.3 is 10.6 Å². The van der Waals surface area contributed by atoms with E-state index >= 15 is 0 Å². The highest BCUT2D eigenvalue weighted by atomic mass is 16.2. The van der Waals surface area contributed by atoms with Gasteiger partial charge in [0, 0.05) is 20.4 Å². The molecule has 0 unspecified atom stereocenters. The first-order valence-electron chi connectivity index (χ1n) is 10.2. The lowest BCUT2D eigenvalue weighted by Gasteiger charge is -2.18. The zero-order chi connectivity index (χ0) is 21.7. The second-order valence-corrected chi connectivity index (χ2v) is 8.25. The summed E-state index contributed by atoms with van der Waals surface area (Å²) in [6, 6.07) is 3.07. The lowest BCUT2D eigenvalue weighted by molar-refractivity contribution is -0.115. The van der Waals surface area contributed by atoms with Gasteiger partial charge in [0.2, 0.25) is 11.8 Å².